The molecule has 4 saturated carbocycles. The molecule has 0 aromatic carbocycles. The largest absolute Gasteiger partial charge is 0.463 e. The Morgan fingerprint density at radius 2 is 1.72 bits per heavy atom. The van der Waals surface area contributed by atoms with Crippen molar-refractivity contribution in [1.82, 2.24) is 0 Å². The molecule has 166 valence electrons. The summed E-state index contributed by atoms with van der Waals surface area (Å²) in [4.78, 5) is 24.7. The van der Waals surface area contributed by atoms with E-state index in [-0.39, 0.29) is 23.5 Å². The number of Topliss-reactive ketones (excluding diaryl/α,β-unsaturated/α-hetero) is 1. The van der Waals surface area contributed by atoms with Gasteiger partial charge in [-0.15, -0.1) is 0 Å². The van der Waals surface area contributed by atoms with E-state index < -0.39 is 58.2 Å². The lowest BCUT2D eigenvalue weighted by atomic mass is 9.49. The summed E-state index contributed by atoms with van der Waals surface area (Å²) < 4.78 is 87.4. The Morgan fingerprint density at radius 1 is 1.17 bits per heavy atom. The monoisotopic (exact) mass is 446 g/mol. The lowest BCUT2D eigenvalue weighted by molar-refractivity contribution is -0.179. The highest BCUT2D eigenvalue weighted by Gasteiger charge is 2.65. The number of rotatable bonds is 8. The van der Waals surface area contributed by atoms with Crippen molar-refractivity contribution in [3.8, 4) is 0 Å². The molecule has 0 saturated heterocycles. The summed E-state index contributed by atoms with van der Waals surface area (Å²) in [5.74, 6) is -5.75. The molecule has 4 aliphatic carbocycles. The van der Waals surface area contributed by atoms with E-state index in [0.29, 0.717) is 19.3 Å². The molecule has 0 amide bonds. The van der Waals surface area contributed by atoms with Gasteiger partial charge in [0, 0.05) is 18.3 Å². The van der Waals surface area contributed by atoms with E-state index in [1.165, 1.54) is 0 Å². The molecule has 12 heteroatoms. The molecule has 4 aliphatic rings. The second kappa shape index (κ2) is 7.16. The van der Waals surface area contributed by atoms with Crippen LogP contribution in [-0.4, -0.2) is 53.7 Å². The highest BCUT2D eigenvalue weighted by Crippen LogP contribution is 2.59. The number of hydrogen-bond acceptors (Lipinski definition) is 6. The van der Waals surface area contributed by atoms with E-state index in [4.69, 9.17) is 9.29 Å². The Labute approximate surface area is 164 Å². The van der Waals surface area contributed by atoms with Crippen LogP contribution in [0.1, 0.15) is 44.9 Å². The lowest BCUT2D eigenvalue weighted by Crippen LogP contribution is -2.55. The summed E-state index contributed by atoms with van der Waals surface area (Å²) in [7, 11) is -6.34. The summed E-state index contributed by atoms with van der Waals surface area (Å²) in [5.41, 5.74) is -0.841. The van der Waals surface area contributed by atoms with Gasteiger partial charge >= 0.3 is 27.3 Å². The van der Waals surface area contributed by atoms with Gasteiger partial charge in [-0.05, 0) is 44.4 Å². The second-order valence-electron chi connectivity index (χ2n) is 8.51. The second-order valence-corrected chi connectivity index (χ2v) is 9.98. The minimum atomic E-state index is -6.34. The van der Waals surface area contributed by atoms with E-state index in [1.54, 1.807) is 0 Å². The maximum atomic E-state index is 13.5. The Kier molecular flexibility index (Phi) is 5.53. The smallest absolute Gasteiger partial charge is 0.431 e. The first-order valence-corrected chi connectivity index (χ1v) is 10.7. The maximum absolute atomic E-state index is 13.5. The molecular weight excluding hydrogens is 424 g/mol. The van der Waals surface area contributed by atoms with Crippen molar-refractivity contribution < 1.29 is 50.0 Å². The molecular formula is C17H22F4O7S. The van der Waals surface area contributed by atoms with Crippen molar-refractivity contribution in [3.63, 3.8) is 0 Å². The summed E-state index contributed by atoms with van der Waals surface area (Å²) in [6, 6.07) is 0. The predicted octanol–water partition coefficient (Wildman–Crippen LogP) is 2.18. The fourth-order valence-electron chi connectivity index (χ4n) is 5.09. The Hall–Kier alpha value is -1.27. The fraction of sp³-hybridized carbons (Fsp3) is 0.882. The zero-order valence-electron chi connectivity index (χ0n) is 15.3. The van der Waals surface area contributed by atoms with Gasteiger partial charge in [0.1, 0.15) is 12.4 Å². The zero-order chi connectivity index (χ0) is 21.8. The third-order valence-electron chi connectivity index (χ3n) is 6.38. The van der Waals surface area contributed by atoms with E-state index in [1.807, 2.05) is 0 Å². The average molecular weight is 446 g/mol. The van der Waals surface area contributed by atoms with Gasteiger partial charge in [-0.25, -0.2) is 0 Å². The van der Waals surface area contributed by atoms with Gasteiger partial charge in [-0.1, -0.05) is 0 Å². The molecule has 3 atom stereocenters. The molecule has 0 heterocycles. The number of alkyl halides is 4. The van der Waals surface area contributed by atoms with Gasteiger partial charge < -0.3 is 9.84 Å². The molecule has 0 aromatic heterocycles. The number of ether oxygens (including phenoxy) is 1. The highest BCUT2D eigenvalue weighted by atomic mass is 32.2. The molecule has 4 rings (SSSR count). The molecule has 0 spiro atoms. The SMILES string of the molecule is O=C1C2CC3CC1CC(C(=O)OCC(O)CCC(F)(F)C(F)(F)S(=O)(=O)O)(C3)C2. The predicted molar refractivity (Wildman–Crippen MR) is 88.6 cm³/mol. The summed E-state index contributed by atoms with van der Waals surface area (Å²) in [6.07, 6.45) is -1.71. The van der Waals surface area contributed by atoms with Crippen LogP contribution in [0.15, 0.2) is 0 Å². The van der Waals surface area contributed by atoms with Gasteiger partial charge in [0.2, 0.25) is 0 Å². The lowest BCUT2D eigenvalue weighted by Gasteiger charge is -2.53. The van der Waals surface area contributed by atoms with E-state index in [9.17, 15) is 40.7 Å². The summed E-state index contributed by atoms with van der Waals surface area (Å²) in [5, 5.41) is 4.03. The standard InChI is InChI=1S/C17H22F4O7S/c18-16(19,17(20,21)29(25,26)27)2-1-12(22)8-28-14(24)15-5-9-3-10(6-15)13(23)11(4-9)7-15/h9-12,22H,1-8H2,(H,25,26,27). The highest BCUT2D eigenvalue weighted by molar-refractivity contribution is 7.87. The van der Waals surface area contributed by atoms with Crippen molar-refractivity contribution in [3.05, 3.63) is 0 Å². The minimum Gasteiger partial charge on any atom is -0.463 e. The van der Waals surface area contributed by atoms with Crippen LogP contribution < -0.4 is 0 Å². The van der Waals surface area contributed by atoms with Crippen LogP contribution in [0.2, 0.25) is 0 Å². The quantitative estimate of drug-likeness (QED) is 0.333. The normalized spacial score (nSPS) is 33.0. The van der Waals surface area contributed by atoms with Gasteiger partial charge in [-0.2, -0.15) is 26.0 Å². The van der Waals surface area contributed by atoms with Crippen LogP contribution in [0.3, 0.4) is 0 Å². The number of aliphatic hydroxyl groups is 1. The van der Waals surface area contributed by atoms with Crippen LogP contribution in [0.25, 0.3) is 0 Å². The number of hydrogen-bond donors (Lipinski definition) is 2. The number of carbonyl (C=O) groups is 2. The number of carbonyl (C=O) groups excluding carboxylic acids is 2. The first-order chi connectivity index (χ1) is 13.2. The Bertz CT molecular complexity index is 780. The molecule has 29 heavy (non-hydrogen) atoms. The molecule has 0 radical (unpaired) electrons. The topological polar surface area (TPSA) is 118 Å². The van der Waals surface area contributed by atoms with E-state index in [2.05, 4.69) is 0 Å². The zero-order valence-corrected chi connectivity index (χ0v) is 16.1. The maximum Gasteiger partial charge on any atom is 0.431 e. The molecule has 2 N–H and O–H groups in total. The average Bonchev–Trinajstić information content (AvgIpc) is 2.60. The van der Waals surface area contributed by atoms with Crippen molar-refractivity contribution in [2.45, 2.75) is 62.2 Å². The number of ketones is 1. The molecule has 7 nitrogen and oxygen atoms in total. The Morgan fingerprint density at radius 3 is 2.24 bits per heavy atom. The van der Waals surface area contributed by atoms with E-state index in [0.717, 1.165) is 12.8 Å². The molecule has 3 unspecified atom stereocenters. The Balaban J connectivity index is 1.53. The first kappa shape index (κ1) is 22.4. The van der Waals surface area contributed by atoms with Crippen molar-refractivity contribution >= 4 is 21.9 Å². The summed E-state index contributed by atoms with van der Waals surface area (Å²) in [6.45, 7) is -0.720. The van der Waals surface area contributed by atoms with Crippen LogP contribution in [-0.2, 0) is 24.4 Å². The third kappa shape index (κ3) is 3.90. The van der Waals surface area contributed by atoms with Crippen LogP contribution in [0.4, 0.5) is 17.6 Å². The van der Waals surface area contributed by atoms with Gasteiger partial charge in [0.05, 0.1) is 11.5 Å². The third-order valence-corrected chi connectivity index (χ3v) is 7.32. The van der Waals surface area contributed by atoms with Crippen LogP contribution >= 0.6 is 0 Å². The molecule has 0 aromatic rings. The molecule has 4 bridgehead atoms. The molecule has 4 fully saturated rings. The van der Waals surface area contributed by atoms with Gasteiger partial charge in [0.15, 0.2) is 0 Å². The number of halogens is 4. The van der Waals surface area contributed by atoms with Gasteiger partial charge in [0.25, 0.3) is 0 Å². The van der Waals surface area contributed by atoms with Crippen molar-refractivity contribution in [1.29, 1.82) is 0 Å². The summed E-state index contributed by atoms with van der Waals surface area (Å²) >= 11 is 0. The number of aliphatic hydroxyl groups excluding tert-OH is 1. The van der Waals surface area contributed by atoms with Crippen LogP contribution in [0, 0.1) is 23.2 Å². The van der Waals surface area contributed by atoms with Crippen molar-refractivity contribution in [2.24, 2.45) is 23.2 Å². The van der Waals surface area contributed by atoms with E-state index >= 15 is 0 Å². The van der Waals surface area contributed by atoms with Gasteiger partial charge in [-0.3, -0.25) is 14.1 Å². The first-order valence-electron chi connectivity index (χ1n) is 9.30. The number of esters is 1. The van der Waals surface area contributed by atoms with Crippen LogP contribution in [0.5, 0.6) is 0 Å². The fourth-order valence-corrected chi connectivity index (χ4v) is 5.57. The molecule has 0 aliphatic heterocycles. The minimum absolute atomic E-state index is 0.159. The van der Waals surface area contributed by atoms with Crippen molar-refractivity contribution in [2.75, 3.05) is 6.61 Å².